The van der Waals surface area contributed by atoms with Crippen LogP contribution < -0.4 is 19.9 Å². The summed E-state index contributed by atoms with van der Waals surface area (Å²) in [5.74, 6) is -6.85. The standard InChI is InChI=1S/C12H11F3N4O6S/c1-18-11(25-3)16-19(12(18)21)10(20)17-26(22,23)6-4-5(13)7(14)8(15)9(6)24-2/h4H,1-3H3,(H,17,20). The van der Waals surface area contributed by atoms with Crippen LogP contribution in [0.25, 0.3) is 0 Å². The second-order valence-electron chi connectivity index (χ2n) is 4.67. The van der Waals surface area contributed by atoms with Crippen LogP contribution in [0.2, 0.25) is 0 Å². The molecule has 0 aliphatic heterocycles. The van der Waals surface area contributed by atoms with Crippen molar-refractivity contribution >= 4 is 16.1 Å². The van der Waals surface area contributed by atoms with Crippen LogP contribution in [-0.2, 0) is 17.1 Å². The molecule has 142 valence electrons. The molecule has 0 bridgehead atoms. The molecule has 1 N–H and O–H groups in total. The second-order valence-corrected chi connectivity index (χ2v) is 6.32. The Kier molecular flexibility index (Phi) is 4.97. The molecule has 0 atom stereocenters. The van der Waals surface area contributed by atoms with Gasteiger partial charge in [0.25, 0.3) is 10.0 Å². The molecule has 2 rings (SSSR count). The number of amides is 1. The van der Waals surface area contributed by atoms with E-state index in [4.69, 9.17) is 4.74 Å². The monoisotopic (exact) mass is 396 g/mol. The molecule has 0 fully saturated rings. The van der Waals surface area contributed by atoms with Gasteiger partial charge < -0.3 is 9.47 Å². The summed E-state index contributed by atoms with van der Waals surface area (Å²) in [6.07, 6.45) is 0. The molecular weight excluding hydrogens is 385 g/mol. The van der Waals surface area contributed by atoms with E-state index in [2.05, 4.69) is 9.84 Å². The van der Waals surface area contributed by atoms with Gasteiger partial charge in [-0.15, -0.1) is 9.78 Å². The van der Waals surface area contributed by atoms with E-state index in [1.807, 2.05) is 0 Å². The summed E-state index contributed by atoms with van der Waals surface area (Å²) in [5, 5.41) is 3.43. The molecule has 0 spiro atoms. The number of sulfonamides is 1. The lowest BCUT2D eigenvalue weighted by Gasteiger charge is -2.11. The fourth-order valence-corrected chi connectivity index (χ4v) is 2.99. The first-order chi connectivity index (χ1) is 12.0. The molecule has 0 aliphatic carbocycles. The topological polar surface area (TPSA) is 122 Å². The van der Waals surface area contributed by atoms with Gasteiger partial charge in [-0.25, -0.2) is 36.1 Å². The van der Waals surface area contributed by atoms with E-state index in [0.717, 1.165) is 18.8 Å². The van der Waals surface area contributed by atoms with Crippen LogP contribution in [0.1, 0.15) is 0 Å². The molecule has 0 saturated heterocycles. The van der Waals surface area contributed by atoms with E-state index in [1.54, 1.807) is 0 Å². The van der Waals surface area contributed by atoms with Crippen molar-refractivity contribution in [2.45, 2.75) is 4.90 Å². The molecule has 26 heavy (non-hydrogen) atoms. The largest absolute Gasteiger partial charge is 0.492 e. The Balaban J connectivity index is 2.50. The van der Waals surface area contributed by atoms with Gasteiger partial charge in [0.05, 0.1) is 14.2 Å². The molecular formula is C12H11F3N4O6S. The molecule has 0 unspecified atom stereocenters. The average Bonchev–Trinajstić information content (AvgIpc) is 2.87. The number of hydrogen-bond donors (Lipinski definition) is 1. The lowest BCUT2D eigenvalue weighted by Crippen LogP contribution is -2.40. The first-order valence-corrected chi connectivity index (χ1v) is 8.02. The zero-order chi connectivity index (χ0) is 19.8. The van der Waals surface area contributed by atoms with E-state index >= 15 is 0 Å². The number of nitrogens with zero attached hydrogens (tertiary/aromatic N) is 3. The first kappa shape index (κ1) is 19.3. The summed E-state index contributed by atoms with van der Waals surface area (Å²) < 4.78 is 76.2. The molecule has 0 aliphatic rings. The molecule has 14 heteroatoms. The van der Waals surface area contributed by atoms with Gasteiger partial charge in [0.2, 0.25) is 5.82 Å². The third-order valence-corrected chi connectivity index (χ3v) is 4.44. The first-order valence-electron chi connectivity index (χ1n) is 6.53. The molecule has 1 aromatic carbocycles. The summed E-state index contributed by atoms with van der Waals surface area (Å²) in [5.41, 5.74) is -1.06. The summed E-state index contributed by atoms with van der Waals surface area (Å²) >= 11 is 0. The van der Waals surface area contributed by atoms with Crippen molar-refractivity contribution in [3.63, 3.8) is 0 Å². The number of benzene rings is 1. The normalized spacial score (nSPS) is 11.3. The summed E-state index contributed by atoms with van der Waals surface area (Å²) in [4.78, 5) is 22.6. The molecule has 0 saturated carbocycles. The Labute approximate surface area is 143 Å². The van der Waals surface area contributed by atoms with Crippen LogP contribution in [0.5, 0.6) is 11.8 Å². The van der Waals surface area contributed by atoms with Gasteiger partial charge in [0.1, 0.15) is 4.90 Å². The molecule has 2 aromatic rings. The Morgan fingerprint density at radius 3 is 2.31 bits per heavy atom. The number of rotatable bonds is 4. The molecule has 10 nitrogen and oxygen atoms in total. The van der Waals surface area contributed by atoms with Crippen molar-refractivity contribution in [2.24, 2.45) is 7.05 Å². The Hall–Kier alpha value is -3.03. The lowest BCUT2D eigenvalue weighted by atomic mass is 10.3. The molecule has 1 amide bonds. The van der Waals surface area contributed by atoms with Gasteiger partial charge in [0, 0.05) is 13.1 Å². The van der Waals surface area contributed by atoms with Crippen LogP contribution in [0.15, 0.2) is 15.8 Å². The number of carbonyl (C=O) groups excluding carboxylic acids is 1. The number of nitrogens with one attached hydrogen (secondary N) is 1. The number of hydrogen-bond acceptors (Lipinski definition) is 7. The number of aromatic nitrogens is 3. The molecule has 0 radical (unpaired) electrons. The van der Waals surface area contributed by atoms with Crippen molar-refractivity contribution in [3.05, 3.63) is 34.0 Å². The highest BCUT2D eigenvalue weighted by Gasteiger charge is 2.30. The van der Waals surface area contributed by atoms with E-state index in [1.165, 1.54) is 11.8 Å². The fourth-order valence-electron chi connectivity index (χ4n) is 1.89. The van der Waals surface area contributed by atoms with E-state index < -0.39 is 49.8 Å². The van der Waals surface area contributed by atoms with Crippen LogP contribution in [0.4, 0.5) is 18.0 Å². The van der Waals surface area contributed by atoms with Crippen molar-refractivity contribution in [1.82, 2.24) is 19.1 Å². The molecule has 1 aromatic heterocycles. The highest BCUT2D eigenvalue weighted by atomic mass is 32.2. The molecule has 1 heterocycles. The second kappa shape index (κ2) is 6.70. The van der Waals surface area contributed by atoms with E-state index in [-0.39, 0.29) is 16.8 Å². The third kappa shape index (κ3) is 3.10. The van der Waals surface area contributed by atoms with Gasteiger partial charge in [-0.3, -0.25) is 0 Å². The number of halogens is 3. The Morgan fingerprint density at radius 2 is 1.81 bits per heavy atom. The van der Waals surface area contributed by atoms with Crippen LogP contribution >= 0.6 is 0 Å². The zero-order valence-electron chi connectivity index (χ0n) is 13.4. The minimum Gasteiger partial charge on any atom is -0.492 e. The van der Waals surface area contributed by atoms with Crippen LogP contribution in [0.3, 0.4) is 0 Å². The van der Waals surface area contributed by atoms with Crippen molar-refractivity contribution < 1.29 is 35.9 Å². The SMILES string of the molecule is COc1c(S(=O)(=O)NC(=O)n2nc(OC)n(C)c2=O)cc(F)c(F)c1F. The summed E-state index contributed by atoms with van der Waals surface area (Å²) in [6, 6.07) is -1.76. The third-order valence-electron chi connectivity index (χ3n) is 3.11. The maximum atomic E-state index is 13.7. The highest BCUT2D eigenvalue weighted by Crippen LogP contribution is 2.30. The van der Waals surface area contributed by atoms with E-state index in [9.17, 15) is 31.2 Å². The minimum absolute atomic E-state index is 0.110. The quantitative estimate of drug-likeness (QED) is 0.720. The number of ether oxygens (including phenoxy) is 2. The predicted molar refractivity (Wildman–Crippen MR) is 78.0 cm³/mol. The summed E-state index contributed by atoms with van der Waals surface area (Å²) in [6.45, 7) is 0. The van der Waals surface area contributed by atoms with Gasteiger partial charge in [-0.05, 0) is 0 Å². The van der Waals surface area contributed by atoms with Gasteiger partial charge >= 0.3 is 17.7 Å². The Morgan fingerprint density at radius 1 is 1.19 bits per heavy atom. The fraction of sp³-hybridized carbons (Fsp3) is 0.250. The van der Waals surface area contributed by atoms with Crippen molar-refractivity contribution in [3.8, 4) is 11.8 Å². The summed E-state index contributed by atoms with van der Waals surface area (Å²) in [7, 11) is -1.81. The highest BCUT2D eigenvalue weighted by molar-refractivity contribution is 7.90. The zero-order valence-corrected chi connectivity index (χ0v) is 14.2. The smallest absolute Gasteiger partial charge is 0.360 e. The Bertz CT molecular complexity index is 1050. The number of carbonyl (C=O) groups is 1. The maximum Gasteiger partial charge on any atom is 0.360 e. The maximum absolute atomic E-state index is 13.7. The van der Waals surface area contributed by atoms with Crippen LogP contribution in [-0.4, -0.2) is 43.0 Å². The van der Waals surface area contributed by atoms with Crippen LogP contribution in [0, 0.1) is 17.5 Å². The average molecular weight is 396 g/mol. The lowest BCUT2D eigenvalue weighted by molar-refractivity contribution is 0.243. The van der Waals surface area contributed by atoms with Gasteiger partial charge in [-0.1, -0.05) is 0 Å². The van der Waals surface area contributed by atoms with Crippen molar-refractivity contribution in [2.75, 3.05) is 14.2 Å². The van der Waals surface area contributed by atoms with Gasteiger partial charge in [-0.2, -0.15) is 4.39 Å². The van der Waals surface area contributed by atoms with Crippen molar-refractivity contribution in [1.29, 1.82) is 0 Å². The minimum atomic E-state index is -4.96. The van der Waals surface area contributed by atoms with E-state index in [0.29, 0.717) is 0 Å². The predicted octanol–water partition coefficient (Wildman–Crippen LogP) is -0.0371. The number of methoxy groups -OCH3 is 2. The van der Waals surface area contributed by atoms with Gasteiger partial charge in [0.15, 0.2) is 17.4 Å².